The molecule has 0 bridgehead atoms. The molecule has 150 valence electrons. The first-order valence-electron chi connectivity index (χ1n) is 8.34. The van der Waals surface area contributed by atoms with Gasteiger partial charge in [0.2, 0.25) is 0 Å². The van der Waals surface area contributed by atoms with Crippen LogP contribution in [0.15, 0.2) is 69.6 Å². The summed E-state index contributed by atoms with van der Waals surface area (Å²) in [5.74, 6) is 1.24. The van der Waals surface area contributed by atoms with Crippen molar-refractivity contribution in [3.05, 3.63) is 87.3 Å². The number of allylic oxidation sites excluding steroid dienone is 1. The highest BCUT2D eigenvalue weighted by Gasteiger charge is 2.08. The van der Waals surface area contributed by atoms with Crippen LogP contribution in [-0.2, 0) is 6.61 Å². The number of rotatable bonds is 8. The molecule has 0 aliphatic rings. The van der Waals surface area contributed by atoms with Gasteiger partial charge < -0.3 is 13.9 Å². The molecule has 1 aromatic heterocycles. The molecule has 1 heterocycles. The first-order chi connectivity index (χ1) is 13.9. The van der Waals surface area contributed by atoms with Gasteiger partial charge >= 0.3 is 6.61 Å². The number of ether oxygens (including phenoxy) is 2. The van der Waals surface area contributed by atoms with Crippen LogP contribution in [0.3, 0.4) is 0 Å². The van der Waals surface area contributed by atoms with Gasteiger partial charge in [-0.15, -0.1) is 0 Å². The van der Waals surface area contributed by atoms with Crippen molar-refractivity contribution in [3.63, 3.8) is 0 Å². The molecule has 29 heavy (non-hydrogen) atoms. The van der Waals surface area contributed by atoms with Crippen molar-refractivity contribution in [1.29, 1.82) is 0 Å². The summed E-state index contributed by atoms with van der Waals surface area (Å²) in [6.45, 7) is -2.73. The molecule has 0 amide bonds. The van der Waals surface area contributed by atoms with Crippen LogP contribution in [-0.4, -0.2) is 12.4 Å². The van der Waals surface area contributed by atoms with Crippen molar-refractivity contribution in [3.8, 4) is 11.5 Å². The topological polar surface area (TPSA) is 48.7 Å². The summed E-state index contributed by atoms with van der Waals surface area (Å²) in [6, 6.07) is 14.2. The molecular formula is C21H14BrClF2O4. The maximum atomic E-state index is 12.2. The highest BCUT2D eigenvalue weighted by molar-refractivity contribution is 9.10. The number of benzene rings is 2. The minimum atomic E-state index is -2.91. The molecule has 0 aliphatic heterocycles. The van der Waals surface area contributed by atoms with Gasteiger partial charge in [0, 0.05) is 10.0 Å². The zero-order valence-corrected chi connectivity index (χ0v) is 17.1. The summed E-state index contributed by atoms with van der Waals surface area (Å²) in [4.78, 5) is 12.2. The molecule has 3 rings (SSSR count). The highest BCUT2D eigenvalue weighted by Crippen LogP contribution is 2.28. The minimum Gasteiger partial charge on any atom is -0.484 e. The first-order valence-corrected chi connectivity index (χ1v) is 9.51. The van der Waals surface area contributed by atoms with Gasteiger partial charge in [-0.25, -0.2) is 0 Å². The third kappa shape index (κ3) is 6.17. The number of halogens is 4. The zero-order valence-electron chi connectivity index (χ0n) is 14.8. The SMILES string of the molecule is O=C(/C=C/c1ccc(COc2ccc(Br)cc2Cl)o1)c1ccc(OC(F)F)cc1. The fourth-order valence-corrected chi connectivity index (χ4v) is 3.09. The van der Waals surface area contributed by atoms with E-state index in [-0.39, 0.29) is 18.1 Å². The lowest BCUT2D eigenvalue weighted by atomic mass is 10.1. The van der Waals surface area contributed by atoms with Crippen LogP contribution in [0.1, 0.15) is 21.9 Å². The molecule has 0 radical (unpaired) electrons. The Morgan fingerprint density at radius 2 is 1.90 bits per heavy atom. The van der Waals surface area contributed by atoms with Crippen molar-refractivity contribution >= 4 is 39.4 Å². The van der Waals surface area contributed by atoms with Crippen LogP contribution in [0.5, 0.6) is 11.5 Å². The third-order valence-electron chi connectivity index (χ3n) is 3.71. The van der Waals surface area contributed by atoms with Crippen molar-refractivity contribution in [2.24, 2.45) is 0 Å². The number of carbonyl (C=O) groups is 1. The van der Waals surface area contributed by atoms with E-state index in [1.54, 1.807) is 24.3 Å². The summed E-state index contributed by atoms with van der Waals surface area (Å²) in [6.07, 6.45) is 2.85. The summed E-state index contributed by atoms with van der Waals surface area (Å²) >= 11 is 9.42. The average molecular weight is 484 g/mol. The molecule has 0 unspecified atom stereocenters. The monoisotopic (exact) mass is 482 g/mol. The largest absolute Gasteiger partial charge is 0.484 e. The van der Waals surface area contributed by atoms with E-state index in [1.807, 2.05) is 6.07 Å². The molecule has 2 aromatic carbocycles. The molecule has 0 aliphatic carbocycles. The standard InChI is InChI=1S/C21H14BrClF2O4/c22-14-3-10-20(18(23)11-14)27-12-17-7-6-15(28-17)8-9-19(26)13-1-4-16(5-2-13)29-21(24)25/h1-11,21H,12H2/b9-8+. The molecule has 0 N–H and O–H groups in total. The summed E-state index contributed by atoms with van der Waals surface area (Å²) in [5, 5.41) is 0.474. The highest BCUT2D eigenvalue weighted by atomic mass is 79.9. The van der Waals surface area contributed by atoms with E-state index in [0.717, 1.165) is 4.47 Å². The smallest absolute Gasteiger partial charge is 0.387 e. The van der Waals surface area contributed by atoms with Crippen LogP contribution in [0.25, 0.3) is 6.08 Å². The predicted octanol–water partition coefficient (Wildman–Crippen LogP) is 6.77. The van der Waals surface area contributed by atoms with Crippen molar-refractivity contribution < 1.29 is 27.5 Å². The molecular weight excluding hydrogens is 470 g/mol. The number of ketones is 1. The lowest BCUT2D eigenvalue weighted by molar-refractivity contribution is -0.0498. The molecule has 3 aromatic rings. The average Bonchev–Trinajstić information content (AvgIpc) is 3.13. The fourth-order valence-electron chi connectivity index (χ4n) is 2.36. The Morgan fingerprint density at radius 3 is 2.59 bits per heavy atom. The van der Waals surface area contributed by atoms with Gasteiger partial charge in [-0.2, -0.15) is 8.78 Å². The van der Waals surface area contributed by atoms with E-state index in [2.05, 4.69) is 20.7 Å². The molecule has 0 spiro atoms. The molecule has 0 fully saturated rings. The number of furan rings is 1. The Balaban J connectivity index is 1.57. The quantitative estimate of drug-likeness (QED) is 0.262. The van der Waals surface area contributed by atoms with E-state index in [0.29, 0.717) is 27.9 Å². The van der Waals surface area contributed by atoms with E-state index in [4.69, 9.17) is 20.8 Å². The van der Waals surface area contributed by atoms with E-state index < -0.39 is 6.61 Å². The van der Waals surface area contributed by atoms with Crippen LogP contribution in [0, 0.1) is 0 Å². The Kier molecular flexibility index (Phi) is 7.06. The minimum absolute atomic E-state index is 0.0120. The Hall–Kier alpha value is -2.64. The number of hydrogen-bond acceptors (Lipinski definition) is 4. The van der Waals surface area contributed by atoms with Gasteiger partial charge in [0.1, 0.15) is 29.6 Å². The molecule has 0 saturated heterocycles. The second kappa shape index (κ2) is 9.71. The van der Waals surface area contributed by atoms with Gasteiger partial charge in [-0.3, -0.25) is 4.79 Å². The molecule has 0 saturated carbocycles. The fraction of sp³-hybridized carbons (Fsp3) is 0.0952. The van der Waals surface area contributed by atoms with Gasteiger partial charge in [-0.05, 0) is 66.7 Å². The third-order valence-corrected chi connectivity index (χ3v) is 4.50. The Bertz CT molecular complexity index is 1020. The Labute approximate surface area is 178 Å². The summed E-state index contributed by atoms with van der Waals surface area (Å²) < 4.78 is 40.6. The van der Waals surface area contributed by atoms with Gasteiger partial charge in [0.25, 0.3) is 0 Å². The lowest BCUT2D eigenvalue weighted by Crippen LogP contribution is -2.02. The molecule has 8 heteroatoms. The van der Waals surface area contributed by atoms with E-state index >= 15 is 0 Å². The van der Waals surface area contributed by atoms with Crippen LogP contribution in [0.2, 0.25) is 5.02 Å². The lowest BCUT2D eigenvalue weighted by Gasteiger charge is -2.06. The maximum Gasteiger partial charge on any atom is 0.387 e. The van der Waals surface area contributed by atoms with E-state index in [1.165, 1.54) is 36.4 Å². The first kappa shape index (κ1) is 21.1. The van der Waals surface area contributed by atoms with Crippen molar-refractivity contribution in [2.75, 3.05) is 0 Å². The van der Waals surface area contributed by atoms with Crippen LogP contribution >= 0.6 is 27.5 Å². The summed E-state index contributed by atoms with van der Waals surface area (Å²) in [7, 11) is 0. The van der Waals surface area contributed by atoms with Gasteiger partial charge in [0.15, 0.2) is 5.78 Å². The van der Waals surface area contributed by atoms with Crippen molar-refractivity contribution in [2.45, 2.75) is 13.2 Å². The van der Waals surface area contributed by atoms with Crippen LogP contribution < -0.4 is 9.47 Å². The normalized spacial score (nSPS) is 11.2. The summed E-state index contributed by atoms with van der Waals surface area (Å²) in [5.41, 5.74) is 0.336. The van der Waals surface area contributed by atoms with Gasteiger partial charge in [-0.1, -0.05) is 27.5 Å². The van der Waals surface area contributed by atoms with E-state index in [9.17, 15) is 13.6 Å². The second-order valence-corrected chi connectivity index (χ2v) is 7.09. The van der Waals surface area contributed by atoms with Crippen LogP contribution in [0.4, 0.5) is 8.78 Å². The molecule has 0 atom stereocenters. The maximum absolute atomic E-state index is 12.2. The Morgan fingerprint density at radius 1 is 1.14 bits per heavy atom. The number of alkyl halides is 2. The number of carbonyl (C=O) groups excluding carboxylic acids is 1. The zero-order chi connectivity index (χ0) is 20.8. The predicted molar refractivity (Wildman–Crippen MR) is 109 cm³/mol. The number of hydrogen-bond donors (Lipinski definition) is 0. The molecule has 4 nitrogen and oxygen atoms in total. The van der Waals surface area contributed by atoms with Crippen molar-refractivity contribution in [1.82, 2.24) is 0 Å². The second-order valence-electron chi connectivity index (χ2n) is 5.77. The van der Waals surface area contributed by atoms with Gasteiger partial charge in [0.05, 0.1) is 5.02 Å².